The van der Waals surface area contributed by atoms with E-state index in [4.69, 9.17) is 5.73 Å². The molecule has 0 spiro atoms. The summed E-state index contributed by atoms with van der Waals surface area (Å²) in [5.74, 6) is -0.799. The van der Waals surface area contributed by atoms with Crippen LogP contribution in [0.5, 0.6) is 0 Å². The molecule has 0 bridgehead atoms. The summed E-state index contributed by atoms with van der Waals surface area (Å²) in [5, 5.41) is 0. The summed E-state index contributed by atoms with van der Waals surface area (Å²) in [6, 6.07) is 4.48. The Bertz CT molecular complexity index is 862. The van der Waals surface area contributed by atoms with Crippen LogP contribution in [0.2, 0.25) is 0 Å². The normalized spacial score (nSPS) is 21.2. The Kier molecular flexibility index (Phi) is 5.25. The molecule has 1 atom stereocenters. The first kappa shape index (κ1) is 19.4. The monoisotopic (exact) mass is 398 g/mol. The number of imide groups is 1. The number of nitrogens with zero attached hydrogens (tertiary/aromatic N) is 3. The van der Waals surface area contributed by atoms with Crippen LogP contribution in [0.15, 0.2) is 18.2 Å². The summed E-state index contributed by atoms with van der Waals surface area (Å²) in [6.45, 7) is 2.31. The first-order valence-electron chi connectivity index (χ1n) is 10.3. The number of hydrogen-bond acceptors (Lipinski definition) is 5. The third-order valence-corrected chi connectivity index (χ3v) is 6.08. The molecular formula is C21H26N4O4. The average Bonchev–Trinajstić information content (AvgIpc) is 3.45. The molecule has 0 aromatic heterocycles. The minimum atomic E-state index is -0.404. The van der Waals surface area contributed by atoms with Crippen molar-refractivity contribution in [2.24, 2.45) is 0 Å². The lowest BCUT2D eigenvalue weighted by Crippen LogP contribution is -2.47. The van der Waals surface area contributed by atoms with Crippen molar-refractivity contribution < 1.29 is 19.2 Å². The quantitative estimate of drug-likeness (QED) is 0.594. The number of nitrogen functional groups attached to an aromatic ring is 1. The molecule has 3 aliphatic heterocycles. The molecule has 29 heavy (non-hydrogen) atoms. The maximum Gasteiger partial charge on any atom is 0.263 e. The van der Waals surface area contributed by atoms with E-state index in [0.717, 1.165) is 37.3 Å². The van der Waals surface area contributed by atoms with Gasteiger partial charge in [0.15, 0.2) is 0 Å². The zero-order chi connectivity index (χ0) is 20.5. The third-order valence-electron chi connectivity index (χ3n) is 6.08. The molecule has 0 aliphatic carbocycles. The number of carbonyl (C=O) groups excluding carboxylic acids is 4. The zero-order valence-corrected chi connectivity index (χ0v) is 16.4. The number of fused-ring (bicyclic) bond motifs is 1. The molecule has 0 unspecified atom stereocenters. The largest absolute Gasteiger partial charge is 0.398 e. The number of nitrogens with two attached hydrogens (primary N) is 1. The number of carbonyl (C=O) groups is 4. The number of anilines is 1. The van der Waals surface area contributed by atoms with Gasteiger partial charge in [0.25, 0.3) is 11.8 Å². The van der Waals surface area contributed by atoms with Gasteiger partial charge in [-0.3, -0.25) is 24.1 Å². The van der Waals surface area contributed by atoms with Gasteiger partial charge < -0.3 is 15.5 Å². The molecule has 0 saturated carbocycles. The fraction of sp³-hybridized carbons (Fsp3) is 0.524. The van der Waals surface area contributed by atoms with Crippen molar-refractivity contribution in [3.05, 3.63) is 29.3 Å². The highest BCUT2D eigenvalue weighted by molar-refractivity contribution is 6.23. The Hall–Kier alpha value is -2.90. The average molecular weight is 398 g/mol. The Morgan fingerprint density at radius 2 is 1.79 bits per heavy atom. The summed E-state index contributed by atoms with van der Waals surface area (Å²) < 4.78 is 0. The molecule has 0 radical (unpaired) electrons. The van der Waals surface area contributed by atoms with E-state index in [9.17, 15) is 19.2 Å². The van der Waals surface area contributed by atoms with Gasteiger partial charge >= 0.3 is 0 Å². The SMILES string of the molecule is Nc1cccc2c1C(=O)N(CCCC(=O)N1CCC[C@H]1C(=O)N1CCCC1)C2=O. The van der Waals surface area contributed by atoms with E-state index in [1.54, 1.807) is 23.1 Å². The van der Waals surface area contributed by atoms with Gasteiger partial charge in [-0.2, -0.15) is 0 Å². The predicted molar refractivity (Wildman–Crippen MR) is 106 cm³/mol. The van der Waals surface area contributed by atoms with Gasteiger partial charge in [-0.25, -0.2) is 0 Å². The van der Waals surface area contributed by atoms with Crippen LogP contribution >= 0.6 is 0 Å². The number of likely N-dealkylation sites (tertiary alicyclic amines) is 2. The van der Waals surface area contributed by atoms with E-state index in [-0.39, 0.29) is 42.3 Å². The predicted octanol–water partition coefficient (Wildman–Crippen LogP) is 1.26. The topological polar surface area (TPSA) is 104 Å². The smallest absolute Gasteiger partial charge is 0.263 e. The lowest BCUT2D eigenvalue weighted by atomic mass is 10.1. The zero-order valence-electron chi connectivity index (χ0n) is 16.4. The van der Waals surface area contributed by atoms with Crippen LogP contribution in [0.25, 0.3) is 0 Å². The van der Waals surface area contributed by atoms with E-state index >= 15 is 0 Å². The summed E-state index contributed by atoms with van der Waals surface area (Å²) in [4.78, 5) is 55.2. The molecule has 3 heterocycles. The summed E-state index contributed by atoms with van der Waals surface area (Å²) in [7, 11) is 0. The second-order valence-corrected chi connectivity index (χ2v) is 7.91. The summed E-state index contributed by atoms with van der Waals surface area (Å²) in [5.41, 5.74) is 6.70. The van der Waals surface area contributed by atoms with E-state index in [2.05, 4.69) is 0 Å². The lowest BCUT2D eigenvalue weighted by molar-refractivity contribution is -0.143. The fourth-order valence-electron chi connectivity index (χ4n) is 4.56. The van der Waals surface area contributed by atoms with Crippen molar-refractivity contribution in [2.75, 3.05) is 31.9 Å². The molecule has 2 fully saturated rings. The molecule has 154 valence electrons. The standard InChI is InChI=1S/C21H26N4O4/c22-15-7-3-6-14-18(15)21(29)25(19(14)27)13-5-9-17(26)24-12-4-8-16(24)20(28)23-10-1-2-11-23/h3,6-7,16H,1-2,4-5,8-13,22H2/t16-/m0/s1. The Morgan fingerprint density at radius 3 is 2.52 bits per heavy atom. The molecule has 2 saturated heterocycles. The number of rotatable bonds is 5. The lowest BCUT2D eigenvalue weighted by Gasteiger charge is -2.28. The first-order chi connectivity index (χ1) is 14.0. The summed E-state index contributed by atoms with van der Waals surface area (Å²) in [6.07, 6.45) is 4.15. The van der Waals surface area contributed by atoms with Gasteiger partial charge in [0.2, 0.25) is 11.8 Å². The molecular weight excluding hydrogens is 372 g/mol. The van der Waals surface area contributed by atoms with Crippen LogP contribution < -0.4 is 5.73 Å². The van der Waals surface area contributed by atoms with Gasteiger partial charge in [0, 0.05) is 38.3 Å². The second kappa shape index (κ2) is 7.85. The van der Waals surface area contributed by atoms with E-state index in [1.807, 2.05) is 4.90 Å². The van der Waals surface area contributed by atoms with Crippen molar-refractivity contribution in [2.45, 2.75) is 44.6 Å². The van der Waals surface area contributed by atoms with Gasteiger partial charge in [-0.1, -0.05) is 6.07 Å². The maximum absolute atomic E-state index is 12.7. The number of benzene rings is 1. The molecule has 1 aromatic rings. The van der Waals surface area contributed by atoms with Crippen molar-refractivity contribution in [1.29, 1.82) is 0 Å². The molecule has 3 aliphatic rings. The van der Waals surface area contributed by atoms with Crippen molar-refractivity contribution in [3.8, 4) is 0 Å². The molecule has 1 aromatic carbocycles. The number of amides is 4. The van der Waals surface area contributed by atoms with E-state index in [0.29, 0.717) is 30.6 Å². The van der Waals surface area contributed by atoms with Crippen LogP contribution in [0.3, 0.4) is 0 Å². The highest BCUT2D eigenvalue weighted by Crippen LogP contribution is 2.28. The fourth-order valence-corrected chi connectivity index (χ4v) is 4.56. The molecule has 4 rings (SSSR count). The highest BCUT2D eigenvalue weighted by atomic mass is 16.2. The van der Waals surface area contributed by atoms with Crippen LogP contribution in [-0.2, 0) is 9.59 Å². The minimum Gasteiger partial charge on any atom is -0.398 e. The maximum atomic E-state index is 12.7. The highest BCUT2D eigenvalue weighted by Gasteiger charge is 2.38. The number of hydrogen-bond donors (Lipinski definition) is 1. The Morgan fingerprint density at radius 1 is 1.03 bits per heavy atom. The van der Waals surface area contributed by atoms with Crippen LogP contribution in [-0.4, -0.2) is 70.5 Å². The van der Waals surface area contributed by atoms with E-state index in [1.165, 1.54) is 0 Å². The van der Waals surface area contributed by atoms with Crippen LogP contribution in [0.1, 0.15) is 59.2 Å². The second-order valence-electron chi connectivity index (χ2n) is 7.91. The van der Waals surface area contributed by atoms with Crippen molar-refractivity contribution in [1.82, 2.24) is 14.7 Å². The van der Waals surface area contributed by atoms with Crippen LogP contribution in [0, 0.1) is 0 Å². The van der Waals surface area contributed by atoms with Gasteiger partial charge in [-0.15, -0.1) is 0 Å². The Balaban J connectivity index is 1.33. The van der Waals surface area contributed by atoms with Crippen LogP contribution in [0.4, 0.5) is 5.69 Å². The third kappa shape index (κ3) is 3.47. The molecule has 4 amide bonds. The minimum absolute atomic E-state index is 0.0594. The van der Waals surface area contributed by atoms with Crippen molar-refractivity contribution >= 4 is 29.3 Å². The molecule has 2 N–H and O–H groups in total. The molecule has 8 nitrogen and oxygen atoms in total. The Labute approximate surface area is 169 Å². The van der Waals surface area contributed by atoms with Gasteiger partial charge in [-0.05, 0) is 44.2 Å². The first-order valence-corrected chi connectivity index (χ1v) is 10.3. The van der Waals surface area contributed by atoms with E-state index < -0.39 is 5.91 Å². The molecule has 8 heteroatoms. The van der Waals surface area contributed by atoms with Gasteiger partial charge in [0.1, 0.15) is 6.04 Å². The van der Waals surface area contributed by atoms with Gasteiger partial charge in [0.05, 0.1) is 11.1 Å². The summed E-state index contributed by atoms with van der Waals surface area (Å²) >= 11 is 0. The van der Waals surface area contributed by atoms with Crippen molar-refractivity contribution in [3.63, 3.8) is 0 Å².